The molecular formula is C12H16NO+. The minimum absolute atomic E-state index is 0.594. The van der Waals surface area contributed by atoms with Crippen LogP contribution in [0.5, 0.6) is 0 Å². The molecule has 0 fully saturated rings. The molecule has 74 valence electrons. The van der Waals surface area contributed by atoms with E-state index in [1.165, 1.54) is 17.7 Å². The molecule has 1 heterocycles. The van der Waals surface area contributed by atoms with Crippen molar-refractivity contribution in [2.75, 3.05) is 20.1 Å². The second-order valence-corrected chi connectivity index (χ2v) is 4.20. The zero-order chi connectivity index (χ0) is 10.0. The topological polar surface area (TPSA) is 17.1 Å². The highest BCUT2D eigenvalue weighted by molar-refractivity contribution is 5.61. The summed E-state index contributed by atoms with van der Waals surface area (Å²) in [6.45, 7) is 1.67. The largest absolute Gasteiger partial charge is 0.297 e. The van der Waals surface area contributed by atoms with E-state index in [9.17, 15) is 4.79 Å². The van der Waals surface area contributed by atoms with E-state index in [-0.39, 0.29) is 0 Å². The fourth-order valence-corrected chi connectivity index (χ4v) is 2.34. The number of hydrogen-bond acceptors (Lipinski definition) is 1. The first kappa shape index (κ1) is 9.41. The second kappa shape index (κ2) is 3.54. The van der Waals surface area contributed by atoms with E-state index in [1.807, 2.05) is 0 Å². The molecule has 0 spiro atoms. The summed E-state index contributed by atoms with van der Waals surface area (Å²) in [4.78, 5) is 10.7. The van der Waals surface area contributed by atoms with Crippen molar-refractivity contribution < 1.29 is 4.79 Å². The molecule has 1 aliphatic heterocycles. The zero-order valence-corrected chi connectivity index (χ0v) is 8.57. The second-order valence-electron chi connectivity index (χ2n) is 4.20. The lowest BCUT2D eigenvalue weighted by Gasteiger charge is -2.37. The predicted octanol–water partition coefficient (Wildman–Crippen LogP) is 1.77. The van der Waals surface area contributed by atoms with Gasteiger partial charge >= 0.3 is 0 Å². The summed E-state index contributed by atoms with van der Waals surface area (Å²) in [5, 5.41) is 0. The molecule has 1 aliphatic rings. The normalized spacial score (nSPS) is 25.5. The van der Waals surface area contributed by atoms with Crippen LogP contribution < -0.4 is 4.48 Å². The molecule has 1 aromatic rings. The van der Waals surface area contributed by atoms with E-state index in [0.717, 1.165) is 23.7 Å². The van der Waals surface area contributed by atoms with Gasteiger partial charge in [0.05, 0.1) is 13.6 Å². The van der Waals surface area contributed by atoms with Gasteiger partial charge in [0.1, 0.15) is 12.2 Å². The molecule has 0 aromatic heterocycles. The molecule has 0 radical (unpaired) electrons. The van der Waals surface area contributed by atoms with Crippen molar-refractivity contribution in [3.63, 3.8) is 0 Å². The SMILES string of the molecule is C[N+]1(CC=O)CCCc2ccccc21. The Bertz CT molecular complexity index is 348. The lowest BCUT2D eigenvalue weighted by Crippen LogP contribution is -2.49. The number of aldehydes is 1. The first-order valence-electron chi connectivity index (χ1n) is 5.13. The molecule has 1 aromatic carbocycles. The van der Waals surface area contributed by atoms with Crippen molar-refractivity contribution in [2.45, 2.75) is 12.8 Å². The van der Waals surface area contributed by atoms with Crippen LogP contribution in [0.15, 0.2) is 24.3 Å². The van der Waals surface area contributed by atoms with Gasteiger partial charge in [-0.15, -0.1) is 0 Å². The van der Waals surface area contributed by atoms with Gasteiger partial charge in [-0.05, 0) is 12.5 Å². The van der Waals surface area contributed by atoms with E-state index in [2.05, 4.69) is 31.3 Å². The molecule has 0 N–H and O–H groups in total. The average molecular weight is 190 g/mol. The van der Waals surface area contributed by atoms with Gasteiger partial charge in [-0.25, -0.2) is 0 Å². The van der Waals surface area contributed by atoms with E-state index in [4.69, 9.17) is 0 Å². The van der Waals surface area contributed by atoms with Crippen LogP contribution in [-0.4, -0.2) is 26.4 Å². The van der Waals surface area contributed by atoms with E-state index in [1.54, 1.807) is 0 Å². The highest BCUT2D eigenvalue weighted by atomic mass is 16.1. The Labute approximate surface area is 84.7 Å². The summed E-state index contributed by atoms with van der Waals surface area (Å²) >= 11 is 0. The molecule has 2 heteroatoms. The fourth-order valence-electron chi connectivity index (χ4n) is 2.34. The first-order chi connectivity index (χ1) is 6.76. The first-order valence-corrected chi connectivity index (χ1v) is 5.13. The van der Waals surface area contributed by atoms with Gasteiger partial charge < -0.3 is 0 Å². The number of fused-ring (bicyclic) bond motifs is 1. The highest BCUT2D eigenvalue weighted by Gasteiger charge is 2.30. The highest BCUT2D eigenvalue weighted by Crippen LogP contribution is 2.30. The number of hydrogen-bond donors (Lipinski definition) is 0. The van der Waals surface area contributed by atoms with Gasteiger partial charge in [-0.1, -0.05) is 18.2 Å². The summed E-state index contributed by atoms with van der Waals surface area (Å²) in [7, 11) is 2.15. The van der Waals surface area contributed by atoms with Gasteiger partial charge in [0.25, 0.3) is 0 Å². The molecule has 2 rings (SSSR count). The molecule has 0 amide bonds. The standard InChI is InChI=1S/C12H16NO/c1-13(9-10-14)8-4-6-11-5-2-3-7-12(11)13/h2-3,5,7,10H,4,6,8-9H2,1H3/q+1. The number of nitrogens with zero attached hydrogens (tertiary/aromatic N) is 1. The summed E-state index contributed by atoms with van der Waals surface area (Å²) in [5.41, 5.74) is 2.73. The Morgan fingerprint density at radius 1 is 1.43 bits per heavy atom. The van der Waals surface area contributed by atoms with Crippen LogP contribution in [-0.2, 0) is 11.2 Å². The number of likely N-dealkylation sites (N-methyl/N-ethyl adjacent to an activating group) is 1. The summed E-state index contributed by atoms with van der Waals surface area (Å²) in [5.74, 6) is 0. The van der Waals surface area contributed by atoms with Crippen molar-refractivity contribution >= 4 is 12.0 Å². The van der Waals surface area contributed by atoms with Crippen LogP contribution in [0.2, 0.25) is 0 Å². The Morgan fingerprint density at radius 3 is 3.00 bits per heavy atom. The van der Waals surface area contributed by atoms with Crippen LogP contribution >= 0.6 is 0 Å². The molecule has 0 bridgehead atoms. The van der Waals surface area contributed by atoms with Crippen LogP contribution in [0.1, 0.15) is 12.0 Å². The van der Waals surface area contributed by atoms with E-state index < -0.39 is 0 Å². The third kappa shape index (κ3) is 1.46. The van der Waals surface area contributed by atoms with Crippen molar-refractivity contribution in [1.29, 1.82) is 0 Å². The molecule has 1 unspecified atom stereocenters. The Kier molecular flexibility index (Phi) is 2.38. The van der Waals surface area contributed by atoms with Gasteiger partial charge in [0.15, 0.2) is 6.29 Å². The average Bonchev–Trinajstić information content (AvgIpc) is 2.19. The molecule has 0 saturated heterocycles. The number of quaternary nitrogens is 1. The Hall–Kier alpha value is -1.15. The van der Waals surface area contributed by atoms with Crippen LogP contribution in [0.25, 0.3) is 0 Å². The van der Waals surface area contributed by atoms with E-state index >= 15 is 0 Å². The maximum absolute atomic E-state index is 10.7. The zero-order valence-electron chi connectivity index (χ0n) is 8.57. The van der Waals surface area contributed by atoms with Crippen LogP contribution in [0.3, 0.4) is 0 Å². The smallest absolute Gasteiger partial charge is 0.174 e. The van der Waals surface area contributed by atoms with Crippen molar-refractivity contribution in [1.82, 2.24) is 4.48 Å². The number of benzene rings is 1. The summed E-state index contributed by atoms with van der Waals surface area (Å²) in [6.07, 6.45) is 3.37. The minimum atomic E-state index is 0.594. The quantitative estimate of drug-likeness (QED) is 0.513. The van der Waals surface area contributed by atoms with E-state index in [0.29, 0.717) is 6.54 Å². The van der Waals surface area contributed by atoms with Crippen LogP contribution in [0, 0.1) is 0 Å². The number of carbonyl (C=O) groups excluding carboxylic acids is 1. The Morgan fingerprint density at radius 2 is 2.21 bits per heavy atom. The number of aryl methyl sites for hydroxylation is 1. The summed E-state index contributed by atoms with van der Waals surface area (Å²) < 4.78 is 0.777. The molecule has 0 saturated carbocycles. The van der Waals surface area contributed by atoms with Gasteiger partial charge in [-0.3, -0.25) is 9.28 Å². The lowest BCUT2D eigenvalue weighted by atomic mass is 10.00. The van der Waals surface area contributed by atoms with Crippen molar-refractivity contribution in [3.05, 3.63) is 29.8 Å². The van der Waals surface area contributed by atoms with Crippen LogP contribution in [0.4, 0.5) is 5.69 Å². The fraction of sp³-hybridized carbons (Fsp3) is 0.417. The number of para-hydroxylation sites is 1. The monoisotopic (exact) mass is 190 g/mol. The molecule has 0 aliphatic carbocycles. The Balaban J connectivity index is 2.44. The molecule has 1 atom stereocenters. The maximum atomic E-state index is 10.7. The lowest BCUT2D eigenvalue weighted by molar-refractivity contribution is -0.108. The van der Waals surface area contributed by atoms with Crippen molar-refractivity contribution in [3.8, 4) is 0 Å². The third-order valence-corrected chi connectivity index (χ3v) is 3.15. The summed E-state index contributed by atoms with van der Waals surface area (Å²) in [6, 6.07) is 8.47. The molecule has 2 nitrogen and oxygen atoms in total. The van der Waals surface area contributed by atoms with Gasteiger partial charge in [-0.2, -0.15) is 0 Å². The van der Waals surface area contributed by atoms with Gasteiger partial charge in [0, 0.05) is 12.0 Å². The molecule has 14 heavy (non-hydrogen) atoms. The number of carbonyl (C=O) groups is 1. The van der Waals surface area contributed by atoms with Crippen molar-refractivity contribution in [2.24, 2.45) is 0 Å². The molecular weight excluding hydrogens is 174 g/mol. The predicted molar refractivity (Wildman–Crippen MR) is 58.3 cm³/mol. The van der Waals surface area contributed by atoms with Gasteiger partial charge in [0.2, 0.25) is 0 Å². The number of rotatable bonds is 2. The minimum Gasteiger partial charge on any atom is -0.297 e. The maximum Gasteiger partial charge on any atom is 0.174 e. The third-order valence-electron chi connectivity index (χ3n) is 3.15.